The SMILES string of the molecule is COc1ccc(CCC(O)C2CCCc3sccc32)cc1. The van der Waals surface area contributed by atoms with E-state index in [2.05, 4.69) is 23.6 Å². The molecule has 1 aliphatic rings. The highest BCUT2D eigenvalue weighted by molar-refractivity contribution is 7.10. The van der Waals surface area contributed by atoms with Crippen molar-refractivity contribution in [3.63, 3.8) is 0 Å². The smallest absolute Gasteiger partial charge is 0.118 e. The zero-order valence-electron chi connectivity index (χ0n) is 12.4. The van der Waals surface area contributed by atoms with Crippen molar-refractivity contribution in [1.82, 2.24) is 0 Å². The molecule has 0 bridgehead atoms. The lowest BCUT2D eigenvalue weighted by atomic mass is 9.82. The van der Waals surface area contributed by atoms with Crippen LogP contribution in [-0.2, 0) is 12.8 Å². The number of thiophene rings is 1. The minimum absolute atomic E-state index is 0.235. The van der Waals surface area contributed by atoms with Gasteiger partial charge < -0.3 is 9.84 Å². The summed E-state index contributed by atoms with van der Waals surface area (Å²) in [6.07, 6.45) is 5.02. The molecule has 0 aliphatic heterocycles. The lowest BCUT2D eigenvalue weighted by Gasteiger charge is -2.27. The van der Waals surface area contributed by atoms with Gasteiger partial charge in [0.25, 0.3) is 0 Å². The first-order valence-electron chi connectivity index (χ1n) is 7.65. The number of methoxy groups -OCH3 is 1. The number of aryl methyl sites for hydroxylation is 2. The number of hydrogen-bond donors (Lipinski definition) is 1. The Morgan fingerprint density at radius 2 is 2.10 bits per heavy atom. The van der Waals surface area contributed by atoms with E-state index in [9.17, 15) is 5.11 Å². The fourth-order valence-corrected chi connectivity index (χ4v) is 4.23. The maximum absolute atomic E-state index is 10.6. The third-order valence-electron chi connectivity index (χ3n) is 4.45. The molecule has 1 heterocycles. The Balaban J connectivity index is 1.61. The van der Waals surface area contributed by atoms with Crippen molar-refractivity contribution in [2.75, 3.05) is 7.11 Å². The molecule has 0 spiro atoms. The van der Waals surface area contributed by atoms with Gasteiger partial charge >= 0.3 is 0 Å². The van der Waals surface area contributed by atoms with Crippen LogP contribution < -0.4 is 4.74 Å². The minimum atomic E-state index is -0.235. The van der Waals surface area contributed by atoms with E-state index < -0.39 is 0 Å². The summed E-state index contributed by atoms with van der Waals surface area (Å²) < 4.78 is 5.17. The number of benzene rings is 1. The van der Waals surface area contributed by atoms with Gasteiger partial charge in [0.15, 0.2) is 0 Å². The van der Waals surface area contributed by atoms with E-state index in [-0.39, 0.29) is 6.10 Å². The number of hydrogen-bond acceptors (Lipinski definition) is 3. The Morgan fingerprint density at radius 3 is 2.86 bits per heavy atom. The van der Waals surface area contributed by atoms with Gasteiger partial charge in [-0.3, -0.25) is 0 Å². The third-order valence-corrected chi connectivity index (χ3v) is 5.45. The van der Waals surface area contributed by atoms with Gasteiger partial charge in [0.2, 0.25) is 0 Å². The second kappa shape index (κ2) is 6.63. The van der Waals surface area contributed by atoms with Gasteiger partial charge in [-0.05, 0) is 66.8 Å². The highest BCUT2D eigenvalue weighted by atomic mass is 32.1. The summed E-state index contributed by atoms with van der Waals surface area (Å²) in [6.45, 7) is 0. The number of aliphatic hydroxyl groups excluding tert-OH is 1. The Morgan fingerprint density at radius 1 is 1.29 bits per heavy atom. The Bertz CT molecular complexity index is 573. The largest absolute Gasteiger partial charge is 0.497 e. The molecule has 2 aromatic rings. The summed E-state index contributed by atoms with van der Waals surface area (Å²) in [6, 6.07) is 10.4. The first-order chi connectivity index (χ1) is 10.3. The van der Waals surface area contributed by atoms with Crippen LogP contribution in [0.5, 0.6) is 5.75 Å². The Labute approximate surface area is 130 Å². The molecule has 2 atom stereocenters. The van der Waals surface area contributed by atoms with Gasteiger partial charge in [0.1, 0.15) is 5.75 Å². The second-order valence-corrected chi connectivity index (χ2v) is 6.75. The molecular formula is C18H22O2S. The molecule has 2 nitrogen and oxygen atoms in total. The first-order valence-corrected chi connectivity index (χ1v) is 8.53. The molecule has 1 N–H and O–H groups in total. The molecule has 1 aromatic carbocycles. The fourth-order valence-electron chi connectivity index (χ4n) is 3.23. The third kappa shape index (κ3) is 3.30. The molecule has 2 unspecified atom stereocenters. The van der Waals surface area contributed by atoms with Crippen LogP contribution in [0.15, 0.2) is 35.7 Å². The van der Waals surface area contributed by atoms with Gasteiger partial charge in [-0.25, -0.2) is 0 Å². The van der Waals surface area contributed by atoms with E-state index in [1.807, 2.05) is 23.5 Å². The topological polar surface area (TPSA) is 29.5 Å². The highest BCUT2D eigenvalue weighted by Gasteiger charge is 2.27. The lowest BCUT2D eigenvalue weighted by Crippen LogP contribution is -2.22. The van der Waals surface area contributed by atoms with E-state index >= 15 is 0 Å². The van der Waals surface area contributed by atoms with Crippen molar-refractivity contribution in [3.8, 4) is 5.75 Å². The summed E-state index contributed by atoms with van der Waals surface area (Å²) in [5.74, 6) is 1.22. The average Bonchev–Trinajstić information content (AvgIpc) is 3.01. The van der Waals surface area contributed by atoms with Crippen LogP contribution >= 0.6 is 11.3 Å². The predicted molar refractivity (Wildman–Crippen MR) is 87.3 cm³/mol. The van der Waals surface area contributed by atoms with Crippen molar-refractivity contribution in [3.05, 3.63) is 51.7 Å². The van der Waals surface area contributed by atoms with Crippen LogP contribution in [0.2, 0.25) is 0 Å². The second-order valence-electron chi connectivity index (χ2n) is 5.75. The number of fused-ring (bicyclic) bond motifs is 1. The first kappa shape index (κ1) is 14.6. The number of aliphatic hydroxyl groups is 1. The van der Waals surface area contributed by atoms with E-state index in [1.54, 1.807) is 7.11 Å². The summed E-state index contributed by atoms with van der Waals surface area (Å²) in [7, 11) is 1.68. The zero-order valence-corrected chi connectivity index (χ0v) is 13.2. The quantitative estimate of drug-likeness (QED) is 0.898. The molecule has 21 heavy (non-hydrogen) atoms. The summed E-state index contributed by atoms with van der Waals surface area (Å²) in [4.78, 5) is 1.48. The van der Waals surface area contributed by atoms with Crippen molar-refractivity contribution in [2.45, 2.75) is 44.1 Å². The van der Waals surface area contributed by atoms with Crippen LogP contribution in [0.4, 0.5) is 0 Å². The zero-order chi connectivity index (χ0) is 14.7. The Kier molecular flexibility index (Phi) is 4.61. The van der Waals surface area contributed by atoms with Gasteiger partial charge in [0, 0.05) is 10.8 Å². The number of rotatable bonds is 5. The van der Waals surface area contributed by atoms with Crippen LogP contribution in [0.3, 0.4) is 0 Å². The van der Waals surface area contributed by atoms with Crippen LogP contribution in [-0.4, -0.2) is 18.3 Å². The number of ether oxygens (including phenoxy) is 1. The van der Waals surface area contributed by atoms with Crippen molar-refractivity contribution in [1.29, 1.82) is 0 Å². The standard InChI is InChI=1S/C18H22O2S/c1-20-14-8-5-13(6-9-14)7-10-17(19)15-3-2-4-18-16(15)11-12-21-18/h5-6,8-9,11-12,15,17,19H,2-4,7,10H2,1H3. The molecule has 3 rings (SSSR count). The van der Waals surface area contributed by atoms with Crippen LogP contribution in [0, 0.1) is 0 Å². The average molecular weight is 302 g/mol. The molecule has 0 radical (unpaired) electrons. The van der Waals surface area contributed by atoms with Crippen molar-refractivity contribution in [2.24, 2.45) is 0 Å². The normalized spacial score (nSPS) is 19.0. The molecule has 1 aliphatic carbocycles. The predicted octanol–water partition coefficient (Wildman–Crippen LogP) is 4.17. The maximum atomic E-state index is 10.6. The van der Waals surface area contributed by atoms with Gasteiger partial charge in [-0.2, -0.15) is 0 Å². The highest BCUT2D eigenvalue weighted by Crippen LogP contribution is 2.38. The fraction of sp³-hybridized carbons (Fsp3) is 0.444. The Hall–Kier alpha value is -1.32. The van der Waals surface area contributed by atoms with E-state index in [0.29, 0.717) is 5.92 Å². The van der Waals surface area contributed by atoms with E-state index in [0.717, 1.165) is 25.0 Å². The van der Waals surface area contributed by atoms with Gasteiger partial charge in [0.05, 0.1) is 13.2 Å². The van der Waals surface area contributed by atoms with E-state index in [4.69, 9.17) is 4.74 Å². The molecule has 0 saturated carbocycles. The molecule has 0 fully saturated rings. The van der Waals surface area contributed by atoms with Crippen molar-refractivity contribution >= 4 is 11.3 Å². The molecule has 0 amide bonds. The summed E-state index contributed by atoms with van der Waals surface area (Å²) in [5, 5.41) is 12.7. The van der Waals surface area contributed by atoms with Crippen LogP contribution in [0.25, 0.3) is 0 Å². The van der Waals surface area contributed by atoms with Crippen molar-refractivity contribution < 1.29 is 9.84 Å². The minimum Gasteiger partial charge on any atom is -0.497 e. The maximum Gasteiger partial charge on any atom is 0.118 e. The molecule has 0 saturated heterocycles. The lowest BCUT2D eigenvalue weighted by molar-refractivity contribution is 0.126. The molecule has 1 aromatic heterocycles. The monoisotopic (exact) mass is 302 g/mol. The summed E-state index contributed by atoms with van der Waals surface area (Å²) >= 11 is 1.84. The van der Waals surface area contributed by atoms with Gasteiger partial charge in [-0.15, -0.1) is 11.3 Å². The molecule has 3 heteroatoms. The molecular weight excluding hydrogens is 280 g/mol. The van der Waals surface area contributed by atoms with Crippen LogP contribution in [0.1, 0.15) is 41.2 Å². The summed E-state index contributed by atoms with van der Waals surface area (Å²) in [5.41, 5.74) is 2.66. The van der Waals surface area contributed by atoms with Gasteiger partial charge in [-0.1, -0.05) is 12.1 Å². The van der Waals surface area contributed by atoms with E-state index in [1.165, 1.54) is 28.8 Å². The molecule has 112 valence electrons.